The van der Waals surface area contributed by atoms with Crippen LogP contribution in [0.1, 0.15) is 33.6 Å². The molecule has 4 atom stereocenters. The van der Waals surface area contributed by atoms with Gasteiger partial charge in [0.25, 0.3) is 0 Å². The zero-order valence-electron chi connectivity index (χ0n) is 11.8. The highest BCUT2D eigenvalue weighted by Gasteiger charge is 2.57. The molecule has 6 heteroatoms. The summed E-state index contributed by atoms with van der Waals surface area (Å²) in [7, 11) is 1.29. The first-order chi connectivity index (χ1) is 8.74. The van der Waals surface area contributed by atoms with E-state index in [2.05, 4.69) is 0 Å². The summed E-state index contributed by atoms with van der Waals surface area (Å²) in [6.45, 7) is 5.34. The number of hydrogen-bond acceptors (Lipinski definition) is 5. The molecule has 0 aromatic carbocycles. The Hall–Kier alpha value is -1.30. The van der Waals surface area contributed by atoms with Gasteiger partial charge in [-0.25, -0.2) is 9.59 Å². The van der Waals surface area contributed by atoms with Crippen molar-refractivity contribution in [1.29, 1.82) is 0 Å². The van der Waals surface area contributed by atoms with Gasteiger partial charge < -0.3 is 14.6 Å². The second-order valence-electron chi connectivity index (χ2n) is 6.21. The van der Waals surface area contributed by atoms with Gasteiger partial charge in [0.05, 0.1) is 13.2 Å². The minimum Gasteiger partial charge on any atom is -0.467 e. The molecule has 1 aliphatic carbocycles. The molecule has 1 saturated carbocycles. The Morgan fingerprint density at radius 1 is 1.26 bits per heavy atom. The molecule has 0 radical (unpaired) electrons. The number of ether oxygens (including phenoxy) is 2. The van der Waals surface area contributed by atoms with Gasteiger partial charge in [-0.3, -0.25) is 4.90 Å². The van der Waals surface area contributed by atoms with Crippen molar-refractivity contribution < 1.29 is 24.2 Å². The highest BCUT2D eigenvalue weighted by Crippen LogP contribution is 2.43. The molecule has 1 amide bonds. The molecule has 1 unspecified atom stereocenters. The maximum Gasteiger partial charge on any atom is 0.411 e. The SMILES string of the molecule is COC(=O)[C@H]1[C@H]2CC(C[C@H]2O)N1C(=O)OC(C)(C)C. The average molecular weight is 271 g/mol. The fraction of sp³-hybridized carbons (Fsp3) is 0.846. The van der Waals surface area contributed by atoms with Crippen molar-refractivity contribution in [2.75, 3.05) is 7.11 Å². The van der Waals surface area contributed by atoms with E-state index in [0.717, 1.165) is 0 Å². The van der Waals surface area contributed by atoms with Gasteiger partial charge in [-0.15, -0.1) is 0 Å². The van der Waals surface area contributed by atoms with E-state index in [-0.39, 0.29) is 12.0 Å². The Labute approximate surface area is 112 Å². The van der Waals surface area contributed by atoms with E-state index < -0.39 is 29.8 Å². The maximum atomic E-state index is 12.2. The number of carbonyl (C=O) groups is 2. The molecule has 1 aliphatic heterocycles. The molecule has 1 saturated heterocycles. The van der Waals surface area contributed by atoms with Crippen LogP contribution >= 0.6 is 0 Å². The summed E-state index contributed by atoms with van der Waals surface area (Å²) in [6, 6.07) is -0.868. The Balaban J connectivity index is 2.19. The van der Waals surface area contributed by atoms with Crippen LogP contribution in [0.15, 0.2) is 0 Å². The van der Waals surface area contributed by atoms with Crippen LogP contribution in [0, 0.1) is 5.92 Å². The number of esters is 1. The molecule has 2 aliphatic rings. The standard InChI is InChI=1S/C13H21NO5/c1-13(2,3)19-12(17)14-7-5-8(9(15)6-7)10(14)11(16)18-4/h7-10,15H,5-6H2,1-4H3/t7?,8-,9+,10+/m0/s1. The Morgan fingerprint density at radius 3 is 2.42 bits per heavy atom. The Morgan fingerprint density at radius 2 is 1.89 bits per heavy atom. The lowest BCUT2D eigenvalue weighted by molar-refractivity contribution is -0.150. The number of aliphatic hydroxyl groups excluding tert-OH is 1. The molecule has 2 bridgehead atoms. The van der Waals surface area contributed by atoms with E-state index in [0.29, 0.717) is 12.8 Å². The molecule has 108 valence electrons. The monoisotopic (exact) mass is 271 g/mol. The van der Waals surface area contributed by atoms with E-state index in [1.807, 2.05) is 0 Å². The van der Waals surface area contributed by atoms with Gasteiger partial charge >= 0.3 is 12.1 Å². The average Bonchev–Trinajstić information content (AvgIpc) is 2.81. The maximum absolute atomic E-state index is 12.2. The summed E-state index contributed by atoms with van der Waals surface area (Å²) < 4.78 is 10.1. The summed E-state index contributed by atoms with van der Waals surface area (Å²) in [5.74, 6) is -0.734. The van der Waals surface area contributed by atoms with Crippen LogP contribution in [-0.2, 0) is 14.3 Å². The van der Waals surface area contributed by atoms with Crippen LogP contribution in [0.4, 0.5) is 4.79 Å². The van der Waals surface area contributed by atoms with Crippen LogP contribution in [0.5, 0.6) is 0 Å². The van der Waals surface area contributed by atoms with E-state index >= 15 is 0 Å². The van der Waals surface area contributed by atoms with Gasteiger partial charge in [0.1, 0.15) is 11.6 Å². The molecule has 0 aromatic rings. The second-order valence-corrected chi connectivity index (χ2v) is 6.21. The Bertz CT molecular complexity index is 389. The second kappa shape index (κ2) is 4.67. The first-order valence-electron chi connectivity index (χ1n) is 6.52. The molecule has 2 fully saturated rings. The van der Waals surface area contributed by atoms with Crippen molar-refractivity contribution in [1.82, 2.24) is 4.90 Å². The number of nitrogens with zero attached hydrogens (tertiary/aromatic N) is 1. The van der Waals surface area contributed by atoms with Gasteiger partial charge in [0.15, 0.2) is 0 Å². The predicted octanol–water partition coefficient (Wildman–Crippen LogP) is 0.918. The number of piperidine rings is 1. The smallest absolute Gasteiger partial charge is 0.411 e. The number of likely N-dealkylation sites (tertiary alicyclic amines) is 1. The van der Waals surface area contributed by atoms with Crippen LogP contribution in [0.3, 0.4) is 0 Å². The van der Waals surface area contributed by atoms with E-state index in [1.54, 1.807) is 20.8 Å². The summed E-state index contributed by atoms with van der Waals surface area (Å²) in [5.41, 5.74) is -0.613. The summed E-state index contributed by atoms with van der Waals surface area (Å²) in [6.07, 6.45) is 0.0625. The number of hydrogen-bond donors (Lipinski definition) is 1. The van der Waals surface area contributed by atoms with E-state index in [1.165, 1.54) is 12.0 Å². The third-order valence-corrected chi connectivity index (χ3v) is 3.70. The molecular formula is C13H21NO5. The van der Waals surface area contributed by atoms with E-state index in [9.17, 15) is 14.7 Å². The number of methoxy groups -OCH3 is 1. The topological polar surface area (TPSA) is 76.1 Å². The third kappa shape index (κ3) is 2.54. The lowest BCUT2D eigenvalue weighted by Crippen LogP contribution is -2.54. The van der Waals surface area contributed by atoms with Crippen molar-refractivity contribution in [3.05, 3.63) is 0 Å². The highest BCUT2D eigenvalue weighted by molar-refractivity contribution is 5.83. The van der Waals surface area contributed by atoms with Crippen molar-refractivity contribution >= 4 is 12.1 Å². The van der Waals surface area contributed by atoms with Crippen LogP contribution < -0.4 is 0 Å². The van der Waals surface area contributed by atoms with Gasteiger partial charge in [-0.2, -0.15) is 0 Å². The van der Waals surface area contributed by atoms with Gasteiger partial charge in [0.2, 0.25) is 0 Å². The van der Waals surface area contributed by atoms with Gasteiger partial charge in [-0.05, 0) is 33.6 Å². The zero-order chi connectivity index (χ0) is 14.4. The molecule has 0 aromatic heterocycles. The number of amides is 1. The summed E-state index contributed by atoms with van der Waals surface area (Å²) >= 11 is 0. The number of carbonyl (C=O) groups excluding carboxylic acids is 2. The van der Waals surface area contributed by atoms with Crippen LogP contribution in [0.2, 0.25) is 0 Å². The first kappa shape index (κ1) is 14.1. The normalized spacial score (nSPS) is 33.4. The summed E-state index contributed by atoms with van der Waals surface area (Å²) in [4.78, 5) is 25.5. The number of fused-ring (bicyclic) bond motifs is 2. The largest absolute Gasteiger partial charge is 0.467 e. The lowest BCUT2D eigenvalue weighted by Gasteiger charge is -2.36. The molecule has 19 heavy (non-hydrogen) atoms. The predicted molar refractivity (Wildman–Crippen MR) is 66.4 cm³/mol. The van der Waals surface area contributed by atoms with E-state index in [4.69, 9.17) is 9.47 Å². The fourth-order valence-corrected chi connectivity index (χ4v) is 3.01. The van der Waals surface area contributed by atoms with Crippen molar-refractivity contribution in [3.8, 4) is 0 Å². The third-order valence-electron chi connectivity index (χ3n) is 3.70. The number of aliphatic hydroxyl groups is 1. The van der Waals surface area contributed by atoms with Crippen LogP contribution in [-0.4, -0.2) is 53.0 Å². The minimum absolute atomic E-state index is 0.140. The Kier molecular flexibility index (Phi) is 3.47. The molecule has 6 nitrogen and oxygen atoms in total. The van der Waals surface area contributed by atoms with Crippen molar-refractivity contribution in [2.24, 2.45) is 5.92 Å². The van der Waals surface area contributed by atoms with Crippen molar-refractivity contribution in [2.45, 2.75) is 57.4 Å². The van der Waals surface area contributed by atoms with Gasteiger partial charge in [-0.1, -0.05) is 0 Å². The fourth-order valence-electron chi connectivity index (χ4n) is 3.01. The first-order valence-corrected chi connectivity index (χ1v) is 6.52. The highest BCUT2D eigenvalue weighted by atomic mass is 16.6. The molecule has 2 rings (SSSR count). The zero-order valence-corrected chi connectivity index (χ0v) is 11.8. The van der Waals surface area contributed by atoms with Gasteiger partial charge in [0, 0.05) is 12.0 Å². The molecule has 0 spiro atoms. The van der Waals surface area contributed by atoms with Crippen LogP contribution in [0.25, 0.3) is 0 Å². The minimum atomic E-state index is -0.728. The molecular weight excluding hydrogens is 250 g/mol. The quantitative estimate of drug-likeness (QED) is 0.718. The number of rotatable bonds is 1. The summed E-state index contributed by atoms with van der Waals surface area (Å²) in [5, 5.41) is 9.88. The lowest BCUT2D eigenvalue weighted by atomic mass is 9.96. The van der Waals surface area contributed by atoms with Crippen molar-refractivity contribution in [3.63, 3.8) is 0 Å². The molecule has 1 N–H and O–H groups in total. The molecule has 1 heterocycles.